The quantitative estimate of drug-likeness (QED) is 0.678. The number of thioether (sulfide) groups is 2. The summed E-state index contributed by atoms with van der Waals surface area (Å²) in [7, 11) is 0. The number of rotatable bonds is 8. The van der Waals surface area contributed by atoms with Crippen LogP contribution in [0.4, 0.5) is 5.69 Å². The third-order valence-electron chi connectivity index (χ3n) is 3.22. The van der Waals surface area contributed by atoms with Crippen molar-refractivity contribution in [1.29, 1.82) is 0 Å². The number of halogens is 1. The van der Waals surface area contributed by atoms with Crippen LogP contribution < -0.4 is 11.1 Å². The van der Waals surface area contributed by atoms with E-state index in [0.717, 1.165) is 22.1 Å². The molecule has 1 amide bonds. The van der Waals surface area contributed by atoms with E-state index in [1.54, 1.807) is 29.7 Å². The highest BCUT2D eigenvalue weighted by atomic mass is 35.5. The van der Waals surface area contributed by atoms with Gasteiger partial charge in [0, 0.05) is 28.7 Å². The second-order valence-corrected chi connectivity index (χ2v) is 7.09. The predicted octanol–water partition coefficient (Wildman–Crippen LogP) is 3.81. The lowest BCUT2D eigenvalue weighted by atomic mass is 10.2. The molecular weight excluding hydrogens is 362 g/mol. The van der Waals surface area contributed by atoms with Gasteiger partial charge in [-0.2, -0.15) is 11.8 Å². The third kappa shape index (κ3) is 7.13. The van der Waals surface area contributed by atoms with Gasteiger partial charge in [-0.1, -0.05) is 6.07 Å². The topological polar surface area (TPSA) is 68.0 Å². The maximum absolute atomic E-state index is 12.0. The molecule has 7 heteroatoms. The zero-order chi connectivity index (χ0) is 16.5. The first-order chi connectivity index (χ1) is 11.2. The van der Waals surface area contributed by atoms with E-state index in [2.05, 4.69) is 16.4 Å². The molecule has 1 heterocycles. The molecule has 2 aromatic rings. The fraction of sp³-hybridized carbons (Fsp3) is 0.294. The molecule has 0 radical (unpaired) electrons. The van der Waals surface area contributed by atoms with Gasteiger partial charge in [0.15, 0.2) is 0 Å². The fourth-order valence-electron chi connectivity index (χ4n) is 1.90. The summed E-state index contributed by atoms with van der Waals surface area (Å²) in [5.74, 6) is 1.63. The van der Waals surface area contributed by atoms with E-state index < -0.39 is 6.04 Å². The van der Waals surface area contributed by atoms with Crippen LogP contribution in [-0.2, 0) is 10.5 Å². The molecule has 2 rings (SSSR count). The van der Waals surface area contributed by atoms with Crippen LogP contribution >= 0.6 is 35.9 Å². The van der Waals surface area contributed by atoms with E-state index in [1.165, 1.54) is 5.56 Å². The molecule has 0 saturated heterocycles. The van der Waals surface area contributed by atoms with Gasteiger partial charge in [0.25, 0.3) is 0 Å². The SMILES string of the molecule is CSCC[C@H](N)C(=O)Nc1ccc(SCc2cccnc2)cc1.Cl. The van der Waals surface area contributed by atoms with Crippen molar-refractivity contribution in [3.8, 4) is 0 Å². The predicted molar refractivity (Wildman–Crippen MR) is 107 cm³/mol. The van der Waals surface area contributed by atoms with Crippen LogP contribution in [0.5, 0.6) is 0 Å². The first-order valence-electron chi connectivity index (χ1n) is 7.36. The van der Waals surface area contributed by atoms with E-state index in [4.69, 9.17) is 5.73 Å². The number of aromatic nitrogens is 1. The van der Waals surface area contributed by atoms with Crippen molar-refractivity contribution in [1.82, 2.24) is 4.98 Å². The summed E-state index contributed by atoms with van der Waals surface area (Å²) in [5, 5.41) is 2.86. The van der Waals surface area contributed by atoms with Gasteiger partial charge in [0.1, 0.15) is 0 Å². The highest BCUT2D eigenvalue weighted by molar-refractivity contribution is 7.98. The summed E-state index contributed by atoms with van der Waals surface area (Å²) >= 11 is 3.43. The Morgan fingerprint density at radius 3 is 2.67 bits per heavy atom. The van der Waals surface area contributed by atoms with Crippen molar-refractivity contribution >= 4 is 47.5 Å². The number of nitrogens with two attached hydrogens (primary N) is 1. The van der Waals surface area contributed by atoms with Gasteiger partial charge in [0.05, 0.1) is 6.04 Å². The Morgan fingerprint density at radius 1 is 1.29 bits per heavy atom. The molecule has 130 valence electrons. The van der Waals surface area contributed by atoms with E-state index in [9.17, 15) is 4.79 Å². The van der Waals surface area contributed by atoms with Crippen LogP contribution in [-0.4, -0.2) is 28.9 Å². The maximum Gasteiger partial charge on any atom is 0.241 e. The van der Waals surface area contributed by atoms with Gasteiger partial charge in [-0.15, -0.1) is 24.2 Å². The lowest BCUT2D eigenvalue weighted by Crippen LogP contribution is -2.36. The van der Waals surface area contributed by atoms with Crippen LogP contribution in [0.15, 0.2) is 53.7 Å². The highest BCUT2D eigenvalue weighted by Crippen LogP contribution is 2.24. The van der Waals surface area contributed by atoms with Gasteiger partial charge >= 0.3 is 0 Å². The molecule has 0 aliphatic heterocycles. The summed E-state index contributed by atoms with van der Waals surface area (Å²) in [4.78, 5) is 17.2. The lowest BCUT2D eigenvalue weighted by Gasteiger charge is -2.12. The number of nitrogens with one attached hydrogen (secondary N) is 1. The second-order valence-electron chi connectivity index (χ2n) is 5.05. The smallest absolute Gasteiger partial charge is 0.241 e. The Balaban J connectivity index is 0.00000288. The number of carbonyl (C=O) groups is 1. The van der Waals surface area contributed by atoms with Crippen LogP contribution in [0.2, 0.25) is 0 Å². The van der Waals surface area contributed by atoms with E-state index in [-0.39, 0.29) is 18.3 Å². The van der Waals surface area contributed by atoms with Crippen molar-refractivity contribution in [2.24, 2.45) is 5.73 Å². The summed E-state index contributed by atoms with van der Waals surface area (Å²) in [6, 6.07) is 11.4. The van der Waals surface area contributed by atoms with Gasteiger partial charge < -0.3 is 11.1 Å². The number of hydrogen-bond acceptors (Lipinski definition) is 5. The van der Waals surface area contributed by atoms with Crippen molar-refractivity contribution in [3.05, 3.63) is 54.4 Å². The third-order valence-corrected chi connectivity index (χ3v) is 4.95. The van der Waals surface area contributed by atoms with Crippen LogP contribution in [0.3, 0.4) is 0 Å². The minimum Gasteiger partial charge on any atom is -0.325 e. The maximum atomic E-state index is 12.0. The molecule has 4 nitrogen and oxygen atoms in total. The van der Waals surface area contributed by atoms with Crippen LogP contribution in [0, 0.1) is 0 Å². The number of amides is 1. The largest absolute Gasteiger partial charge is 0.325 e. The van der Waals surface area contributed by atoms with Gasteiger partial charge in [-0.25, -0.2) is 0 Å². The van der Waals surface area contributed by atoms with Gasteiger partial charge in [-0.3, -0.25) is 9.78 Å². The zero-order valence-electron chi connectivity index (χ0n) is 13.5. The first kappa shape index (κ1) is 20.8. The zero-order valence-corrected chi connectivity index (χ0v) is 15.9. The van der Waals surface area contributed by atoms with E-state index >= 15 is 0 Å². The van der Waals surface area contributed by atoms with Crippen molar-refractivity contribution in [3.63, 3.8) is 0 Å². The monoisotopic (exact) mass is 383 g/mol. The minimum atomic E-state index is -0.456. The number of hydrogen-bond donors (Lipinski definition) is 2. The first-order valence-corrected chi connectivity index (χ1v) is 9.74. The number of benzene rings is 1. The minimum absolute atomic E-state index is 0. The van der Waals surface area contributed by atoms with Crippen molar-refractivity contribution in [2.75, 3.05) is 17.3 Å². The molecule has 1 atom stereocenters. The van der Waals surface area contributed by atoms with Crippen molar-refractivity contribution in [2.45, 2.75) is 23.1 Å². The Bertz CT molecular complexity index is 611. The summed E-state index contributed by atoms with van der Waals surface area (Å²) in [6.07, 6.45) is 6.34. The molecule has 1 aromatic heterocycles. The van der Waals surface area contributed by atoms with E-state index in [0.29, 0.717) is 6.42 Å². The molecule has 0 aliphatic rings. The number of nitrogens with zero attached hydrogens (tertiary/aromatic N) is 1. The molecule has 0 spiro atoms. The average Bonchev–Trinajstić information content (AvgIpc) is 2.60. The molecule has 0 saturated carbocycles. The van der Waals surface area contributed by atoms with Crippen LogP contribution in [0.1, 0.15) is 12.0 Å². The van der Waals surface area contributed by atoms with Crippen LogP contribution in [0.25, 0.3) is 0 Å². The Morgan fingerprint density at radius 2 is 2.04 bits per heavy atom. The van der Waals surface area contributed by atoms with Crippen molar-refractivity contribution < 1.29 is 4.79 Å². The average molecular weight is 384 g/mol. The van der Waals surface area contributed by atoms with Gasteiger partial charge in [0.2, 0.25) is 5.91 Å². The molecule has 0 bridgehead atoms. The van der Waals surface area contributed by atoms with Gasteiger partial charge in [-0.05, 0) is 54.3 Å². The summed E-state index contributed by atoms with van der Waals surface area (Å²) in [5.41, 5.74) is 7.83. The Labute approximate surface area is 157 Å². The number of anilines is 1. The highest BCUT2D eigenvalue weighted by Gasteiger charge is 2.12. The molecular formula is C17H22ClN3OS2. The molecule has 1 aromatic carbocycles. The fourth-order valence-corrected chi connectivity index (χ4v) is 3.22. The molecule has 0 unspecified atom stereocenters. The number of carbonyl (C=O) groups excluding carboxylic acids is 1. The van der Waals surface area contributed by atoms with E-state index in [1.807, 2.05) is 42.8 Å². The molecule has 3 N–H and O–H groups in total. The lowest BCUT2D eigenvalue weighted by molar-refractivity contribution is -0.117. The number of pyridine rings is 1. The Hall–Kier alpha value is -1.21. The Kier molecular flexibility index (Phi) is 9.86. The molecule has 0 aliphatic carbocycles. The standard InChI is InChI=1S/C17H21N3OS2.ClH/c1-22-10-8-16(18)17(21)20-14-4-6-15(7-5-14)23-12-13-3-2-9-19-11-13;/h2-7,9,11,16H,8,10,12,18H2,1H3,(H,20,21);1H/t16-;/m0./s1. The summed E-state index contributed by atoms with van der Waals surface area (Å²) < 4.78 is 0. The molecule has 0 fully saturated rings. The summed E-state index contributed by atoms with van der Waals surface area (Å²) in [6.45, 7) is 0. The molecule has 24 heavy (non-hydrogen) atoms. The second kappa shape index (κ2) is 11.4. The normalized spacial score (nSPS) is 11.4.